The van der Waals surface area contributed by atoms with Crippen molar-refractivity contribution < 1.29 is 9.90 Å². The summed E-state index contributed by atoms with van der Waals surface area (Å²) in [4.78, 5) is 10.6. The minimum atomic E-state index is -0.842. The van der Waals surface area contributed by atoms with Gasteiger partial charge in [0, 0.05) is 5.69 Å². The van der Waals surface area contributed by atoms with Crippen LogP contribution >= 0.6 is 0 Å². The van der Waals surface area contributed by atoms with Crippen molar-refractivity contribution in [3.05, 3.63) is 29.3 Å². The van der Waals surface area contributed by atoms with Crippen LogP contribution in [0, 0.1) is 13.8 Å². The van der Waals surface area contributed by atoms with Gasteiger partial charge < -0.3 is 10.4 Å². The number of carboxylic acids is 1. The van der Waals surface area contributed by atoms with Crippen molar-refractivity contribution in [1.29, 1.82) is 0 Å². The van der Waals surface area contributed by atoms with Crippen LogP contribution in [0.15, 0.2) is 18.2 Å². The van der Waals surface area contributed by atoms with E-state index in [0.29, 0.717) is 0 Å². The Morgan fingerprint density at radius 2 is 2.07 bits per heavy atom. The third-order valence-electron chi connectivity index (χ3n) is 2.35. The molecule has 0 heterocycles. The van der Waals surface area contributed by atoms with Gasteiger partial charge in [0.1, 0.15) is 6.04 Å². The summed E-state index contributed by atoms with van der Waals surface area (Å²) in [5, 5.41) is 11.7. The highest BCUT2D eigenvalue weighted by molar-refractivity contribution is 5.77. The molecule has 14 heavy (non-hydrogen) atoms. The van der Waals surface area contributed by atoms with Gasteiger partial charge in [-0.3, -0.25) is 4.79 Å². The van der Waals surface area contributed by atoms with Gasteiger partial charge in [-0.05, 0) is 38.0 Å². The van der Waals surface area contributed by atoms with E-state index in [0.717, 1.165) is 16.8 Å². The minimum Gasteiger partial charge on any atom is -0.480 e. The van der Waals surface area contributed by atoms with E-state index in [1.54, 1.807) is 6.92 Å². The first-order valence-corrected chi connectivity index (χ1v) is 4.58. The number of carboxylic acid groups (broad SMARTS) is 1. The lowest BCUT2D eigenvalue weighted by Gasteiger charge is -2.14. The molecule has 0 radical (unpaired) electrons. The normalized spacial score (nSPS) is 12.2. The van der Waals surface area contributed by atoms with Crippen molar-refractivity contribution in [2.45, 2.75) is 26.8 Å². The first kappa shape index (κ1) is 10.6. The molecule has 0 aliphatic rings. The van der Waals surface area contributed by atoms with E-state index in [1.807, 2.05) is 32.0 Å². The summed E-state index contributed by atoms with van der Waals surface area (Å²) in [6.45, 7) is 5.61. The molecule has 0 aromatic heterocycles. The molecule has 1 atom stereocenters. The second-order valence-corrected chi connectivity index (χ2v) is 3.45. The van der Waals surface area contributed by atoms with E-state index in [-0.39, 0.29) is 0 Å². The summed E-state index contributed by atoms with van der Waals surface area (Å²) in [7, 11) is 0. The predicted molar refractivity (Wildman–Crippen MR) is 56.6 cm³/mol. The maximum Gasteiger partial charge on any atom is 0.325 e. The molecular formula is C11H15NO2. The highest BCUT2D eigenvalue weighted by atomic mass is 16.4. The first-order chi connectivity index (χ1) is 6.52. The molecule has 0 saturated carbocycles. The number of nitrogens with one attached hydrogen (secondary N) is 1. The molecule has 0 aliphatic heterocycles. The quantitative estimate of drug-likeness (QED) is 0.773. The molecule has 3 nitrogen and oxygen atoms in total. The zero-order valence-electron chi connectivity index (χ0n) is 8.66. The average Bonchev–Trinajstić information content (AvgIpc) is 2.12. The van der Waals surface area contributed by atoms with Gasteiger partial charge in [-0.2, -0.15) is 0 Å². The molecule has 0 fully saturated rings. The highest BCUT2D eigenvalue weighted by Gasteiger charge is 2.11. The molecule has 1 aromatic rings. The van der Waals surface area contributed by atoms with E-state index in [2.05, 4.69) is 5.32 Å². The summed E-state index contributed by atoms with van der Waals surface area (Å²) in [5.74, 6) is -0.842. The van der Waals surface area contributed by atoms with Crippen molar-refractivity contribution in [1.82, 2.24) is 0 Å². The summed E-state index contributed by atoms with van der Waals surface area (Å²) in [6, 6.07) is 5.25. The third kappa shape index (κ3) is 2.25. The lowest BCUT2D eigenvalue weighted by molar-refractivity contribution is -0.137. The lowest BCUT2D eigenvalue weighted by atomic mass is 10.1. The Morgan fingerprint density at radius 3 is 2.64 bits per heavy atom. The molecule has 76 valence electrons. The van der Waals surface area contributed by atoms with Crippen molar-refractivity contribution in [3.8, 4) is 0 Å². The topological polar surface area (TPSA) is 49.3 Å². The Labute approximate surface area is 83.8 Å². The number of aryl methyl sites for hydroxylation is 1. The molecule has 1 rings (SSSR count). The number of anilines is 1. The van der Waals surface area contributed by atoms with Crippen molar-refractivity contribution in [3.63, 3.8) is 0 Å². The Hall–Kier alpha value is -1.51. The fourth-order valence-corrected chi connectivity index (χ4v) is 1.20. The highest BCUT2D eigenvalue weighted by Crippen LogP contribution is 2.18. The standard InChI is InChI=1S/C11H15NO2/c1-7-5-4-6-10(8(7)2)12-9(3)11(13)14/h4-6,9,12H,1-3H3,(H,13,14)/t9-/m1/s1. The van der Waals surface area contributed by atoms with Crippen LogP contribution in [0.2, 0.25) is 0 Å². The van der Waals surface area contributed by atoms with Gasteiger partial charge in [0.25, 0.3) is 0 Å². The molecule has 0 aliphatic carbocycles. The molecule has 1 aromatic carbocycles. The molecule has 0 spiro atoms. The van der Waals surface area contributed by atoms with Gasteiger partial charge in [0.15, 0.2) is 0 Å². The summed E-state index contributed by atoms with van der Waals surface area (Å²) >= 11 is 0. The van der Waals surface area contributed by atoms with Crippen molar-refractivity contribution >= 4 is 11.7 Å². The van der Waals surface area contributed by atoms with Crippen LogP contribution in [-0.2, 0) is 4.79 Å². The summed E-state index contributed by atoms with van der Waals surface area (Å²) in [6.07, 6.45) is 0. The van der Waals surface area contributed by atoms with Crippen LogP contribution in [0.5, 0.6) is 0 Å². The van der Waals surface area contributed by atoms with Crippen molar-refractivity contribution in [2.75, 3.05) is 5.32 Å². The Kier molecular flexibility index (Phi) is 3.12. The van der Waals surface area contributed by atoms with Crippen LogP contribution in [0.3, 0.4) is 0 Å². The number of rotatable bonds is 3. The number of hydrogen-bond acceptors (Lipinski definition) is 2. The Balaban J connectivity index is 2.87. The molecule has 2 N–H and O–H groups in total. The molecule has 0 unspecified atom stereocenters. The largest absolute Gasteiger partial charge is 0.480 e. The minimum absolute atomic E-state index is 0.560. The second-order valence-electron chi connectivity index (χ2n) is 3.45. The maximum absolute atomic E-state index is 10.6. The molecule has 3 heteroatoms. The number of carbonyl (C=O) groups is 1. The fourth-order valence-electron chi connectivity index (χ4n) is 1.20. The maximum atomic E-state index is 10.6. The number of aliphatic carboxylic acids is 1. The first-order valence-electron chi connectivity index (χ1n) is 4.58. The molecule has 0 bridgehead atoms. The third-order valence-corrected chi connectivity index (χ3v) is 2.35. The van der Waals surface area contributed by atoms with Crippen molar-refractivity contribution in [2.24, 2.45) is 0 Å². The van der Waals surface area contributed by atoms with Gasteiger partial charge in [0.05, 0.1) is 0 Å². The second kappa shape index (κ2) is 4.13. The monoisotopic (exact) mass is 193 g/mol. The van der Waals surface area contributed by atoms with E-state index in [9.17, 15) is 4.79 Å². The van der Waals surface area contributed by atoms with Crippen LogP contribution in [0.4, 0.5) is 5.69 Å². The van der Waals surface area contributed by atoms with Gasteiger partial charge in [-0.1, -0.05) is 12.1 Å². The van der Waals surface area contributed by atoms with Gasteiger partial charge in [0.2, 0.25) is 0 Å². The smallest absolute Gasteiger partial charge is 0.325 e. The Morgan fingerprint density at radius 1 is 1.43 bits per heavy atom. The molecular weight excluding hydrogens is 178 g/mol. The summed E-state index contributed by atoms with van der Waals surface area (Å²) < 4.78 is 0. The predicted octanol–water partition coefficient (Wildman–Crippen LogP) is 2.19. The van der Waals surface area contributed by atoms with Crippen LogP contribution in [0.1, 0.15) is 18.1 Å². The zero-order valence-corrected chi connectivity index (χ0v) is 8.66. The fraction of sp³-hybridized carbons (Fsp3) is 0.364. The molecule has 0 saturated heterocycles. The van der Waals surface area contributed by atoms with E-state index in [4.69, 9.17) is 5.11 Å². The average molecular weight is 193 g/mol. The van der Waals surface area contributed by atoms with E-state index in [1.165, 1.54) is 0 Å². The molecule has 0 amide bonds. The Bertz CT molecular complexity index is 347. The lowest BCUT2D eigenvalue weighted by Crippen LogP contribution is -2.25. The number of benzene rings is 1. The van der Waals surface area contributed by atoms with Crippen LogP contribution < -0.4 is 5.32 Å². The van der Waals surface area contributed by atoms with Gasteiger partial charge >= 0.3 is 5.97 Å². The van der Waals surface area contributed by atoms with Crippen LogP contribution in [0.25, 0.3) is 0 Å². The van der Waals surface area contributed by atoms with E-state index < -0.39 is 12.0 Å². The van der Waals surface area contributed by atoms with Gasteiger partial charge in [-0.15, -0.1) is 0 Å². The van der Waals surface area contributed by atoms with Crippen LogP contribution in [-0.4, -0.2) is 17.1 Å². The van der Waals surface area contributed by atoms with E-state index >= 15 is 0 Å². The number of hydrogen-bond donors (Lipinski definition) is 2. The zero-order chi connectivity index (χ0) is 10.7. The van der Waals surface area contributed by atoms with Gasteiger partial charge in [-0.25, -0.2) is 0 Å². The SMILES string of the molecule is Cc1cccc(N[C@H](C)C(=O)O)c1C. The summed E-state index contributed by atoms with van der Waals surface area (Å²) in [5.41, 5.74) is 3.15.